The molecule has 208 valence electrons. The summed E-state index contributed by atoms with van der Waals surface area (Å²) in [6, 6.07) is 22.7. The van der Waals surface area contributed by atoms with Crippen LogP contribution in [-0.2, 0) is 6.54 Å². The van der Waals surface area contributed by atoms with Crippen molar-refractivity contribution in [3.8, 4) is 11.5 Å². The normalized spacial score (nSPS) is 14.5. The lowest BCUT2D eigenvalue weighted by molar-refractivity contribution is 0.104. The van der Waals surface area contributed by atoms with Crippen molar-refractivity contribution in [2.45, 2.75) is 32.4 Å². The number of aliphatic hydroxyl groups excluding tert-OH is 1. The molecule has 39 heavy (non-hydrogen) atoms. The first-order chi connectivity index (χ1) is 18.9. The Morgan fingerprint density at radius 2 is 1.36 bits per heavy atom. The predicted octanol–water partition coefficient (Wildman–Crippen LogP) is 4.50. The van der Waals surface area contributed by atoms with Crippen LogP contribution in [0.5, 0.6) is 11.5 Å². The average Bonchev–Trinajstić information content (AvgIpc) is 3.12. The summed E-state index contributed by atoms with van der Waals surface area (Å²) in [5.41, 5.74) is 4.87. The van der Waals surface area contributed by atoms with Gasteiger partial charge in [-0.15, -0.1) is 0 Å². The minimum absolute atomic E-state index is 0.00659. The Balaban J connectivity index is 1.53. The van der Waals surface area contributed by atoms with Gasteiger partial charge in [-0.2, -0.15) is 0 Å². The third kappa shape index (κ3) is 7.18. The maximum Gasteiger partial charge on any atom is 0.206 e. The van der Waals surface area contributed by atoms with Crippen LogP contribution in [0.4, 0.5) is 5.69 Å². The number of nitrogens with zero attached hydrogens (tertiary/aromatic N) is 2. The van der Waals surface area contributed by atoms with Crippen LogP contribution in [0.25, 0.3) is 0 Å². The molecule has 1 aliphatic heterocycles. The molecule has 0 saturated carbocycles. The molecule has 0 spiro atoms. The second kappa shape index (κ2) is 13.6. The Hall–Kier alpha value is -3.39. The van der Waals surface area contributed by atoms with Gasteiger partial charge in [-0.25, -0.2) is 0 Å². The van der Waals surface area contributed by atoms with Crippen molar-refractivity contribution in [2.75, 3.05) is 58.9 Å². The fraction of sp³-hybridized carbons (Fsp3) is 0.406. The molecule has 7 nitrogen and oxygen atoms in total. The van der Waals surface area contributed by atoms with Crippen LogP contribution in [0.3, 0.4) is 0 Å². The highest BCUT2D eigenvalue weighted by Crippen LogP contribution is 2.32. The molecule has 1 saturated heterocycles. The van der Waals surface area contributed by atoms with Gasteiger partial charge >= 0.3 is 0 Å². The molecule has 1 heterocycles. The van der Waals surface area contributed by atoms with Gasteiger partial charge < -0.3 is 19.9 Å². The van der Waals surface area contributed by atoms with Crippen molar-refractivity contribution in [1.82, 2.24) is 9.80 Å². The number of aliphatic hydroxyl groups is 1. The molecule has 0 atom stereocenters. The monoisotopic (exact) mass is 531 g/mol. The van der Waals surface area contributed by atoms with Crippen molar-refractivity contribution < 1.29 is 14.6 Å². The number of hydrogen-bond donors (Lipinski definition) is 2. The highest BCUT2D eigenvalue weighted by atomic mass is 16.5. The minimum Gasteiger partial charge on any atom is -0.497 e. The van der Waals surface area contributed by atoms with Gasteiger partial charge in [0.15, 0.2) is 0 Å². The zero-order valence-electron chi connectivity index (χ0n) is 23.5. The van der Waals surface area contributed by atoms with Gasteiger partial charge in [0.25, 0.3) is 0 Å². The van der Waals surface area contributed by atoms with Gasteiger partial charge in [0.1, 0.15) is 11.5 Å². The van der Waals surface area contributed by atoms with E-state index in [4.69, 9.17) is 9.47 Å². The summed E-state index contributed by atoms with van der Waals surface area (Å²) in [5, 5.41) is 12.4. The zero-order valence-corrected chi connectivity index (χ0v) is 23.5. The molecule has 0 bridgehead atoms. The Labute approximate surface area is 232 Å². The SMILES string of the molecule is COc1ccc(C(c2ccc(OC)cc2)N2CCN(Cc3ccc(C(C)C)cc(NCCO)c3=O)CC2)cc1. The molecule has 1 fully saturated rings. The maximum atomic E-state index is 13.4. The highest BCUT2D eigenvalue weighted by molar-refractivity contribution is 5.48. The summed E-state index contributed by atoms with van der Waals surface area (Å²) in [4.78, 5) is 18.2. The molecule has 0 unspecified atom stereocenters. The third-order valence-corrected chi connectivity index (χ3v) is 7.45. The maximum absolute atomic E-state index is 13.4. The number of hydrogen-bond acceptors (Lipinski definition) is 7. The average molecular weight is 532 g/mol. The number of rotatable bonds is 11. The first-order valence-corrected chi connectivity index (χ1v) is 13.7. The summed E-state index contributed by atoms with van der Waals surface area (Å²) in [6.45, 7) is 8.65. The first kappa shape index (κ1) is 28.6. The van der Waals surface area contributed by atoms with Crippen molar-refractivity contribution >= 4 is 5.69 Å². The molecule has 7 heteroatoms. The second-order valence-electron chi connectivity index (χ2n) is 10.3. The van der Waals surface area contributed by atoms with Crippen molar-refractivity contribution in [1.29, 1.82) is 0 Å². The summed E-state index contributed by atoms with van der Waals surface area (Å²) in [5.74, 6) is 1.99. The Morgan fingerprint density at radius 3 is 1.85 bits per heavy atom. The molecule has 3 aromatic carbocycles. The molecular weight excluding hydrogens is 490 g/mol. The molecule has 0 aromatic heterocycles. The van der Waals surface area contributed by atoms with E-state index in [2.05, 4.69) is 59.3 Å². The lowest BCUT2D eigenvalue weighted by Gasteiger charge is -2.39. The molecule has 0 radical (unpaired) electrons. The minimum atomic E-state index is -0.0179. The van der Waals surface area contributed by atoms with Crippen LogP contribution in [0.1, 0.15) is 48.1 Å². The fourth-order valence-corrected chi connectivity index (χ4v) is 5.14. The van der Waals surface area contributed by atoms with Crippen LogP contribution in [-0.4, -0.2) is 68.5 Å². The molecule has 0 aliphatic carbocycles. The van der Waals surface area contributed by atoms with Gasteiger partial charge in [0, 0.05) is 44.8 Å². The van der Waals surface area contributed by atoms with E-state index in [1.807, 2.05) is 36.4 Å². The van der Waals surface area contributed by atoms with Crippen LogP contribution in [0.2, 0.25) is 0 Å². The van der Waals surface area contributed by atoms with Gasteiger partial charge in [-0.1, -0.05) is 50.2 Å². The van der Waals surface area contributed by atoms with Crippen molar-refractivity contribution in [3.63, 3.8) is 0 Å². The van der Waals surface area contributed by atoms with E-state index in [0.717, 1.165) is 48.8 Å². The molecule has 2 N–H and O–H groups in total. The Morgan fingerprint density at radius 1 is 0.821 bits per heavy atom. The number of anilines is 1. The number of benzene rings is 2. The lowest BCUT2D eigenvalue weighted by atomic mass is 9.96. The largest absolute Gasteiger partial charge is 0.497 e. The second-order valence-corrected chi connectivity index (χ2v) is 10.3. The van der Waals surface area contributed by atoms with E-state index in [1.165, 1.54) is 11.1 Å². The quantitative estimate of drug-likeness (QED) is 0.377. The van der Waals surface area contributed by atoms with Crippen LogP contribution >= 0.6 is 0 Å². The smallest absolute Gasteiger partial charge is 0.206 e. The predicted molar refractivity (Wildman–Crippen MR) is 157 cm³/mol. The molecule has 3 aromatic rings. The molecule has 1 aliphatic rings. The van der Waals surface area contributed by atoms with Gasteiger partial charge in [-0.05, 0) is 52.9 Å². The van der Waals surface area contributed by atoms with Crippen LogP contribution < -0.4 is 20.2 Å². The van der Waals surface area contributed by atoms with Gasteiger partial charge in [-0.3, -0.25) is 14.6 Å². The number of ether oxygens (including phenoxy) is 2. The van der Waals surface area contributed by atoms with Crippen molar-refractivity contribution in [2.24, 2.45) is 0 Å². The molecule has 0 amide bonds. The van der Waals surface area contributed by atoms with E-state index in [-0.39, 0.29) is 18.1 Å². The summed E-state index contributed by atoms with van der Waals surface area (Å²) >= 11 is 0. The van der Waals surface area contributed by atoms with Crippen LogP contribution in [0.15, 0.2) is 71.5 Å². The highest BCUT2D eigenvalue weighted by Gasteiger charge is 2.27. The topological polar surface area (TPSA) is 74.3 Å². The number of methoxy groups -OCH3 is 2. The molecule has 4 rings (SSSR count). The number of piperazine rings is 1. The van der Waals surface area contributed by atoms with Crippen molar-refractivity contribution in [3.05, 3.63) is 99.2 Å². The van der Waals surface area contributed by atoms with E-state index in [0.29, 0.717) is 24.7 Å². The van der Waals surface area contributed by atoms with Crippen LogP contribution in [0, 0.1) is 0 Å². The summed E-state index contributed by atoms with van der Waals surface area (Å²) < 4.78 is 10.8. The van der Waals surface area contributed by atoms with E-state index in [9.17, 15) is 9.90 Å². The van der Waals surface area contributed by atoms with Gasteiger partial charge in [0.05, 0.1) is 32.6 Å². The summed E-state index contributed by atoms with van der Waals surface area (Å²) in [7, 11) is 3.37. The zero-order chi connectivity index (χ0) is 27.8. The van der Waals surface area contributed by atoms with E-state index >= 15 is 0 Å². The van der Waals surface area contributed by atoms with E-state index < -0.39 is 0 Å². The fourth-order valence-electron chi connectivity index (χ4n) is 5.14. The lowest BCUT2D eigenvalue weighted by Crippen LogP contribution is -2.47. The first-order valence-electron chi connectivity index (χ1n) is 13.7. The summed E-state index contributed by atoms with van der Waals surface area (Å²) in [6.07, 6.45) is 0. The third-order valence-electron chi connectivity index (χ3n) is 7.45. The molecular formula is C32H41N3O4. The number of nitrogens with one attached hydrogen (secondary N) is 1. The van der Waals surface area contributed by atoms with Gasteiger partial charge in [0.2, 0.25) is 5.43 Å². The standard InChI is InChI=1S/C32H41N3O4/c1-23(2)26-5-6-27(32(37)30(21-26)33-15-20-36)22-34-16-18-35(19-17-34)31(24-7-11-28(38-3)12-8-24)25-9-13-29(39-4)14-10-25/h5-14,21,23,31,36H,15-20,22H2,1-4H3,(H,33,37). The van der Waals surface area contributed by atoms with E-state index in [1.54, 1.807) is 14.2 Å². The Bertz CT molecular complexity index is 1210. The Kier molecular flexibility index (Phi) is 9.98.